The highest BCUT2D eigenvalue weighted by atomic mass is 35.5. The Morgan fingerprint density at radius 1 is 1.24 bits per heavy atom. The topological polar surface area (TPSA) is 24.9 Å². The van der Waals surface area contributed by atoms with E-state index < -0.39 is 0 Å². The molecule has 1 aromatic heterocycles. The lowest BCUT2D eigenvalue weighted by Crippen LogP contribution is -2.33. The van der Waals surface area contributed by atoms with Gasteiger partial charge in [-0.1, -0.05) is 30.7 Å². The normalized spacial score (nSPS) is 12.3. The number of rotatable bonds is 7. The quantitative estimate of drug-likeness (QED) is 0.835. The van der Waals surface area contributed by atoms with Crippen molar-refractivity contribution in [2.75, 3.05) is 6.54 Å². The molecular weight excluding hydrogens is 287 g/mol. The van der Waals surface area contributed by atoms with Crippen LogP contribution in [0, 0.1) is 5.82 Å². The van der Waals surface area contributed by atoms with Crippen LogP contribution in [-0.4, -0.2) is 17.6 Å². The summed E-state index contributed by atoms with van der Waals surface area (Å²) in [5.74, 6) is -0.357. The van der Waals surface area contributed by atoms with Crippen LogP contribution in [0.4, 0.5) is 4.39 Å². The van der Waals surface area contributed by atoms with Crippen LogP contribution in [0.15, 0.2) is 42.7 Å². The fourth-order valence-corrected chi connectivity index (χ4v) is 2.44. The first-order valence-electron chi connectivity index (χ1n) is 7.25. The molecule has 0 saturated heterocycles. The first-order chi connectivity index (χ1) is 10.2. The van der Waals surface area contributed by atoms with Gasteiger partial charge in [-0.15, -0.1) is 0 Å². The third kappa shape index (κ3) is 5.10. The van der Waals surface area contributed by atoms with E-state index in [1.54, 1.807) is 12.3 Å². The van der Waals surface area contributed by atoms with Crippen molar-refractivity contribution in [3.63, 3.8) is 0 Å². The Morgan fingerprint density at radius 3 is 2.71 bits per heavy atom. The van der Waals surface area contributed by atoms with Gasteiger partial charge in [0.05, 0.1) is 5.02 Å². The fourth-order valence-electron chi connectivity index (χ4n) is 2.32. The standard InChI is InChI=1S/C17H20ClFN2/c1-2-7-21-15(10-14-4-3-8-20-12-14)9-13-5-6-16(18)17(19)11-13/h3-6,8,11-12,15,21H,2,7,9-10H2,1H3. The molecular formula is C17H20ClFN2. The Hall–Kier alpha value is -1.45. The highest BCUT2D eigenvalue weighted by Crippen LogP contribution is 2.17. The zero-order valence-corrected chi connectivity index (χ0v) is 12.9. The van der Waals surface area contributed by atoms with Gasteiger partial charge in [0, 0.05) is 18.4 Å². The lowest BCUT2D eigenvalue weighted by Gasteiger charge is -2.19. The Morgan fingerprint density at radius 2 is 2.05 bits per heavy atom. The van der Waals surface area contributed by atoms with Crippen LogP contribution in [0.5, 0.6) is 0 Å². The number of pyridine rings is 1. The molecule has 0 radical (unpaired) electrons. The molecule has 1 heterocycles. The Balaban J connectivity index is 2.06. The summed E-state index contributed by atoms with van der Waals surface area (Å²) in [5, 5.41) is 3.69. The summed E-state index contributed by atoms with van der Waals surface area (Å²) in [5.41, 5.74) is 2.13. The van der Waals surface area contributed by atoms with Crippen LogP contribution in [0.2, 0.25) is 5.02 Å². The van der Waals surface area contributed by atoms with Gasteiger partial charge < -0.3 is 5.32 Å². The van der Waals surface area contributed by atoms with E-state index in [2.05, 4.69) is 23.3 Å². The smallest absolute Gasteiger partial charge is 0.142 e. The maximum atomic E-state index is 13.5. The van der Waals surface area contributed by atoms with Gasteiger partial charge in [-0.25, -0.2) is 4.39 Å². The molecule has 2 rings (SSSR count). The van der Waals surface area contributed by atoms with Gasteiger partial charge in [0.15, 0.2) is 0 Å². The van der Waals surface area contributed by atoms with E-state index in [0.29, 0.717) is 0 Å². The SMILES string of the molecule is CCCNC(Cc1cccnc1)Cc1ccc(Cl)c(F)c1. The summed E-state index contributed by atoms with van der Waals surface area (Å²) in [7, 11) is 0. The molecule has 0 bridgehead atoms. The number of hydrogen-bond acceptors (Lipinski definition) is 2. The monoisotopic (exact) mass is 306 g/mol. The van der Waals surface area contributed by atoms with Crippen molar-refractivity contribution in [3.05, 3.63) is 64.7 Å². The molecule has 0 aliphatic rings. The van der Waals surface area contributed by atoms with Crippen molar-refractivity contribution < 1.29 is 4.39 Å². The summed E-state index contributed by atoms with van der Waals surface area (Å²) >= 11 is 5.73. The van der Waals surface area contributed by atoms with E-state index in [-0.39, 0.29) is 16.9 Å². The average molecular weight is 307 g/mol. The molecule has 0 spiro atoms. The summed E-state index contributed by atoms with van der Waals surface area (Å²) in [4.78, 5) is 4.15. The second-order valence-electron chi connectivity index (χ2n) is 5.17. The third-order valence-corrected chi connectivity index (χ3v) is 3.66. The summed E-state index contributed by atoms with van der Waals surface area (Å²) in [6, 6.07) is 9.29. The zero-order chi connectivity index (χ0) is 15.1. The molecule has 1 aromatic carbocycles. The van der Waals surface area contributed by atoms with E-state index in [4.69, 9.17) is 11.6 Å². The van der Waals surface area contributed by atoms with Crippen molar-refractivity contribution >= 4 is 11.6 Å². The number of aromatic nitrogens is 1. The second-order valence-corrected chi connectivity index (χ2v) is 5.58. The minimum atomic E-state index is -0.357. The summed E-state index contributed by atoms with van der Waals surface area (Å²) < 4.78 is 13.5. The second kappa shape index (κ2) is 8.11. The molecule has 21 heavy (non-hydrogen) atoms. The first-order valence-corrected chi connectivity index (χ1v) is 7.63. The maximum absolute atomic E-state index is 13.5. The minimum absolute atomic E-state index is 0.170. The number of benzene rings is 1. The van der Waals surface area contributed by atoms with Gasteiger partial charge in [-0.05, 0) is 55.1 Å². The van der Waals surface area contributed by atoms with Gasteiger partial charge in [-0.3, -0.25) is 4.98 Å². The van der Waals surface area contributed by atoms with Crippen molar-refractivity contribution in [1.82, 2.24) is 10.3 Å². The lowest BCUT2D eigenvalue weighted by atomic mass is 9.99. The van der Waals surface area contributed by atoms with Gasteiger partial charge in [0.2, 0.25) is 0 Å². The van der Waals surface area contributed by atoms with Crippen LogP contribution in [0.3, 0.4) is 0 Å². The molecule has 112 valence electrons. The van der Waals surface area contributed by atoms with Crippen LogP contribution in [0.1, 0.15) is 24.5 Å². The van der Waals surface area contributed by atoms with Gasteiger partial charge in [0.1, 0.15) is 5.82 Å². The van der Waals surface area contributed by atoms with E-state index in [0.717, 1.165) is 31.4 Å². The van der Waals surface area contributed by atoms with Crippen molar-refractivity contribution in [1.29, 1.82) is 0 Å². The molecule has 0 fully saturated rings. The van der Waals surface area contributed by atoms with Crippen LogP contribution in [0.25, 0.3) is 0 Å². The van der Waals surface area contributed by atoms with Crippen LogP contribution in [-0.2, 0) is 12.8 Å². The molecule has 1 N–H and O–H groups in total. The number of nitrogens with zero attached hydrogens (tertiary/aromatic N) is 1. The summed E-state index contributed by atoms with van der Waals surface area (Å²) in [6.45, 7) is 3.08. The fraction of sp³-hybridized carbons (Fsp3) is 0.353. The number of hydrogen-bond donors (Lipinski definition) is 1. The molecule has 2 aromatic rings. The Labute approximate surface area is 130 Å². The van der Waals surface area contributed by atoms with Gasteiger partial charge >= 0.3 is 0 Å². The third-order valence-electron chi connectivity index (χ3n) is 3.35. The highest BCUT2D eigenvalue weighted by molar-refractivity contribution is 6.30. The predicted molar refractivity (Wildman–Crippen MR) is 85.1 cm³/mol. The molecule has 0 aliphatic heterocycles. The molecule has 2 nitrogen and oxygen atoms in total. The zero-order valence-electron chi connectivity index (χ0n) is 12.2. The number of halogens is 2. The van der Waals surface area contributed by atoms with Gasteiger partial charge in [0.25, 0.3) is 0 Å². The van der Waals surface area contributed by atoms with Crippen LogP contribution >= 0.6 is 11.6 Å². The molecule has 0 aliphatic carbocycles. The molecule has 1 unspecified atom stereocenters. The summed E-state index contributed by atoms with van der Waals surface area (Å²) in [6.07, 6.45) is 6.36. The van der Waals surface area contributed by atoms with Crippen molar-refractivity contribution in [2.45, 2.75) is 32.2 Å². The van der Waals surface area contributed by atoms with Crippen LogP contribution < -0.4 is 5.32 Å². The molecule has 0 amide bonds. The molecule has 4 heteroatoms. The molecule has 1 atom stereocenters. The Kier molecular flexibility index (Phi) is 6.15. The van der Waals surface area contributed by atoms with Crippen molar-refractivity contribution in [3.8, 4) is 0 Å². The van der Waals surface area contributed by atoms with E-state index >= 15 is 0 Å². The minimum Gasteiger partial charge on any atom is -0.313 e. The van der Waals surface area contributed by atoms with E-state index in [9.17, 15) is 4.39 Å². The first kappa shape index (κ1) is 15.9. The average Bonchev–Trinajstić information content (AvgIpc) is 2.49. The number of nitrogens with one attached hydrogen (secondary N) is 1. The van der Waals surface area contributed by atoms with E-state index in [1.807, 2.05) is 18.3 Å². The maximum Gasteiger partial charge on any atom is 0.142 e. The van der Waals surface area contributed by atoms with Gasteiger partial charge in [-0.2, -0.15) is 0 Å². The predicted octanol–water partition coefficient (Wildman–Crippen LogP) is 4.03. The van der Waals surface area contributed by atoms with E-state index in [1.165, 1.54) is 11.6 Å². The molecule has 0 saturated carbocycles. The largest absolute Gasteiger partial charge is 0.313 e. The lowest BCUT2D eigenvalue weighted by molar-refractivity contribution is 0.503. The Bertz CT molecular complexity index is 560. The highest BCUT2D eigenvalue weighted by Gasteiger charge is 2.11. The van der Waals surface area contributed by atoms with Crippen molar-refractivity contribution in [2.24, 2.45) is 0 Å².